The van der Waals surface area contributed by atoms with Crippen molar-refractivity contribution in [2.24, 2.45) is 0 Å². The topological polar surface area (TPSA) is 101 Å². The predicted octanol–water partition coefficient (Wildman–Crippen LogP) is 4.82. The molecule has 0 fully saturated rings. The van der Waals surface area contributed by atoms with Crippen molar-refractivity contribution < 1.29 is 22.7 Å². The van der Waals surface area contributed by atoms with Gasteiger partial charge in [-0.1, -0.05) is 36.4 Å². The first-order chi connectivity index (χ1) is 16.4. The van der Waals surface area contributed by atoms with Crippen molar-refractivity contribution in [2.45, 2.75) is 9.79 Å². The molecule has 0 spiro atoms. The third-order valence-corrected chi connectivity index (χ3v) is 7.44. The quantitative estimate of drug-likeness (QED) is 0.280. The standard InChI is InChI=1S/C27H15NO5S/c28-16-17-5-7-18(8-6-17)19-9-12-21(13-10-19)33-27(30)20-11-14-23-25(15-20)34(31,32)24-4-2-1-3-22(24)26(23)29/h1-15H. The first-order valence-corrected chi connectivity index (χ1v) is 11.7. The molecule has 1 heterocycles. The maximum Gasteiger partial charge on any atom is 0.343 e. The van der Waals surface area contributed by atoms with Crippen molar-refractivity contribution in [3.8, 4) is 22.9 Å². The van der Waals surface area contributed by atoms with Gasteiger partial charge >= 0.3 is 5.97 Å². The molecular formula is C27H15NO5S. The lowest BCUT2D eigenvalue weighted by Gasteiger charge is -2.19. The summed E-state index contributed by atoms with van der Waals surface area (Å²) in [5.41, 5.74) is 2.51. The molecule has 0 saturated carbocycles. The summed E-state index contributed by atoms with van der Waals surface area (Å²) >= 11 is 0. The van der Waals surface area contributed by atoms with Crippen LogP contribution >= 0.6 is 0 Å². The number of hydrogen-bond donors (Lipinski definition) is 0. The average molecular weight is 465 g/mol. The van der Waals surface area contributed by atoms with E-state index in [9.17, 15) is 18.0 Å². The Bertz CT molecular complexity index is 1610. The fourth-order valence-electron chi connectivity index (χ4n) is 3.83. The molecule has 7 heteroatoms. The molecule has 34 heavy (non-hydrogen) atoms. The molecule has 1 aliphatic heterocycles. The van der Waals surface area contributed by atoms with Crippen LogP contribution in [0.3, 0.4) is 0 Å². The van der Waals surface area contributed by atoms with E-state index < -0.39 is 21.6 Å². The van der Waals surface area contributed by atoms with Gasteiger partial charge in [-0.15, -0.1) is 0 Å². The Morgan fingerprint density at radius 2 is 1.38 bits per heavy atom. The zero-order valence-corrected chi connectivity index (χ0v) is 18.4. The van der Waals surface area contributed by atoms with Gasteiger partial charge in [-0.3, -0.25) is 4.79 Å². The van der Waals surface area contributed by atoms with Gasteiger partial charge in [-0.2, -0.15) is 5.26 Å². The van der Waals surface area contributed by atoms with E-state index >= 15 is 0 Å². The highest BCUT2D eigenvalue weighted by atomic mass is 32.2. The fraction of sp³-hybridized carbons (Fsp3) is 0. The van der Waals surface area contributed by atoms with Crippen LogP contribution in [0.25, 0.3) is 11.1 Å². The summed E-state index contributed by atoms with van der Waals surface area (Å²) in [6.07, 6.45) is 0. The number of nitriles is 1. The van der Waals surface area contributed by atoms with Gasteiger partial charge in [0.05, 0.1) is 27.0 Å². The molecule has 164 valence electrons. The zero-order chi connectivity index (χ0) is 23.9. The van der Waals surface area contributed by atoms with Crippen LogP contribution in [0.15, 0.2) is 101 Å². The summed E-state index contributed by atoms with van der Waals surface area (Å²) < 4.78 is 31.6. The number of carbonyl (C=O) groups is 2. The second kappa shape index (κ2) is 8.10. The zero-order valence-electron chi connectivity index (χ0n) is 17.6. The van der Waals surface area contributed by atoms with Gasteiger partial charge in [0, 0.05) is 11.1 Å². The van der Waals surface area contributed by atoms with Crippen molar-refractivity contribution in [1.82, 2.24) is 0 Å². The van der Waals surface area contributed by atoms with Crippen LogP contribution in [-0.4, -0.2) is 20.2 Å². The number of fused-ring (bicyclic) bond motifs is 2. The van der Waals surface area contributed by atoms with Crippen LogP contribution in [0.1, 0.15) is 31.8 Å². The number of benzene rings is 4. The molecule has 4 aromatic carbocycles. The van der Waals surface area contributed by atoms with Crippen molar-refractivity contribution in [2.75, 3.05) is 0 Å². The highest BCUT2D eigenvalue weighted by Crippen LogP contribution is 2.35. The highest BCUT2D eigenvalue weighted by molar-refractivity contribution is 7.91. The van der Waals surface area contributed by atoms with Gasteiger partial charge in [0.25, 0.3) is 0 Å². The van der Waals surface area contributed by atoms with Gasteiger partial charge in [-0.25, -0.2) is 13.2 Å². The average Bonchev–Trinajstić information content (AvgIpc) is 2.88. The van der Waals surface area contributed by atoms with Crippen LogP contribution in [-0.2, 0) is 9.84 Å². The molecule has 0 bridgehead atoms. The molecule has 0 N–H and O–H groups in total. The number of hydrogen-bond acceptors (Lipinski definition) is 6. The van der Waals surface area contributed by atoms with Crippen molar-refractivity contribution in [3.63, 3.8) is 0 Å². The SMILES string of the molecule is N#Cc1ccc(-c2ccc(OC(=O)c3ccc4c(c3)S(=O)(=O)c3ccccc3C4=O)cc2)cc1. The molecule has 0 radical (unpaired) electrons. The largest absolute Gasteiger partial charge is 0.423 e. The first-order valence-electron chi connectivity index (χ1n) is 10.2. The third-order valence-electron chi connectivity index (χ3n) is 5.58. The molecule has 0 aromatic heterocycles. The van der Waals surface area contributed by atoms with Crippen LogP contribution < -0.4 is 4.74 Å². The maximum atomic E-state index is 13.1. The van der Waals surface area contributed by atoms with E-state index in [0.29, 0.717) is 5.56 Å². The first kappa shape index (κ1) is 21.3. The Hall–Kier alpha value is -4.54. The van der Waals surface area contributed by atoms with Gasteiger partial charge in [0.2, 0.25) is 9.84 Å². The lowest BCUT2D eigenvalue weighted by molar-refractivity contribution is 0.0734. The van der Waals surface area contributed by atoms with E-state index in [1.165, 1.54) is 30.3 Å². The van der Waals surface area contributed by atoms with Crippen LogP contribution in [0.4, 0.5) is 0 Å². The molecule has 4 aromatic rings. The highest BCUT2D eigenvalue weighted by Gasteiger charge is 2.35. The second-order valence-corrected chi connectivity index (χ2v) is 9.53. The fourth-order valence-corrected chi connectivity index (χ4v) is 5.51. The Balaban J connectivity index is 1.40. The number of sulfone groups is 1. The molecule has 0 amide bonds. The maximum absolute atomic E-state index is 13.1. The Labute approximate surface area is 195 Å². The monoisotopic (exact) mass is 465 g/mol. The summed E-state index contributed by atoms with van der Waals surface area (Å²) in [5, 5.41) is 8.92. The lowest BCUT2D eigenvalue weighted by Crippen LogP contribution is -2.21. The van der Waals surface area contributed by atoms with E-state index in [0.717, 1.165) is 11.1 Å². The van der Waals surface area contributed by atoms with Gasteiger partial charge in [0.15, 0.2) is 5.78 Å². The Morgan fingerprint density at radius 3 is 2.06 bits per heavy atom. The number of nitrogens with zero attached hydrogens (tertiary/aromatic N) is 1. The molecule has 0 atom stereocenters. The molecular weight excluding hydrogens is 450 g/mol. The summed E-state index contributed by atoms with van der Waals surface area (Å²) in [5.74, 6) is -0.862. The molecule has 0 unspecified atom stereocenters. The number of ether oxygens (including phenoxy) is 1. The van der Waals surface area contributed by atoms with E-state index in [4.69, 9.17) is 10.00 Å². The second-order valence-electron chi connectivity index (χ2n) is 7.64. The van der Waals surface area contributed by atoms with Gasteiger partial charge in [0.1, 0.15) is 5.75 Å². The Morgan fingerprint density at radius 1 is 0.765 bits per heavy atom. The van der Waals surface area contributed by atoms with E-state index in [2.05, 4.69) is 6.07 Å². The molecule has 1 aliphatic rings. The van der Waals surface area contributed by atoms with Gasteiger partial charge in [-0.05, 0) is 65.7 Å². The van der Waals surface area contributed by atoms with Crippen LogP contribution in [0.5, 0.6) is 5.75 Å². The summed E-state index contributed by atoms with van der Waals surface area (Å²) in [7, 11) is -3.95. The number of esters is 1. The molecule has 6 nitrogen and oxygen atoms in total. The summed E-state index contributed by atoms with van der Waals surface area (Å²) in [6.45, 7) is 0. The minimum atomic E-state index is -3.95. The lowest BCUT2D eigenvalue weighted by atomic mass is 10.0. The smallest absolute Gasteiger partial charge is 0.343 e. The summed E-state index contributed by atoms with van der Waals surface area (Å²) in [6, 6.07) is 25.9. The van der Waals surface area contributed by atoms with Crippen LogP contribution in [0.2, 0.25) is 0 Å². The van der Waals surface area contributed by atoms with E-state index in [1.807, 2.05) is 12.1 Å². The molecule has 5 rings (SSSR count). The predicted molar refractivity (Wildman–Crippen MR) is 123 cm³/mol. The van der Waals surface area contributed by atoms with Crippen molar-refractivity contribution in [1.29, 1.82) is 5.26 Å². The molecule has 0 saturated heterocycles. The van der Waals surface area contributed by atoms with Crippen molar-refractivity contribution in [3.05, 3.63) is 113 Å². The normalized spacial score (nSPS) is 13.3. The minimum absolute atomic E-state index is 0.0191. The number of carbonyl (C=O) groups excluding carboxylic acids is 2. The van der Waals surface area contributed by atoms with Crippen LogP contribution in [0, 0.1) is 11.3 Å². The molecule has 0 aliphatic carbocycles. The van der Waals surface area contributed by atoms with Gasteiger partial charge < -0.3 is 4.74 Å². The number of ketones is 1. The van der Waals surface area contributed by atoms with Crippen molar-refractivity contribution >= 4 is 21.6 Å². The third kappa shape index (κ3) is 3.56. The van der Waals surface area contributed by atoms with E-state index in [-0.39, 0.29) is 32.2 Å². The summed E-state index contributed by atoms with van der Waals surface area (Å²) in [4.78, 5) is 25.2. The minimum Gasteiger partial charge on any atom is -0.423 e. The number of rotatable bonds is 3. The van der Waals surface area contributed by atoms with E-state index in [1.54, 1.807) is 48.5 Å². The Kier molecular flexibility index (Phi) is 5.08.